The first kappa shape index (κ1) is 16.3. The predicted octanol–water partition coefficient (Wildman–Crippen LogP) is 2.84. The van der Waals surface area contributed by atoms with Crippen molar-refractivity contribution < 1.29 is 15.0 Å². The maximum absolute atomic E-state index is 11.4. The van der Waals surface area contributed by atoms with Crippen molar-refractivity contribution in [1.82, 2.24) is 4.90 Å². The van der Waals surface area contributed by atoms with E-state index in [-0.39, 0.29) is 11.5 Å². The lowest BCUT2D eigenvalue weighted by atomic mass is 9.72. The van der Waals surface area contributed by atoms with E-state index in [1.807, 2.05) is 18.2 Å². The number of hydrogen-bond donors (Lipinski definition) is 2. The molecule has 1 saturated heterocycles. The van der Waals surface area contributed by atoms with Crippen LogP contribution in [0, 0.1) is 0 Å². The van der Waals surface area contributed by atoms with Gasteiger partial charge in [0.15, 0.2) is 0 Å². The number of nitrogens with zero attached hydrogens (tertiary/aromatic N) is 1. The third kappa shape index (κ3) is 2.75. The second-order valence-corrected chi connectivity index (χ2v) is 7.27. The Bertz CT molecular complexity index is 793. The van der Waals surface area contributed by atoms with E-state index >= 15 is 0 Å². The molecule has 2 aliphatic rings. The molecule has 4 rings (SSSR count). The summed E-state index contributed by atoms with van der Waals surface area (Å²) in [5.74, 6) is -0.871. The smallest absolute Gasteiger partial charge is 0.336 e. The maximum Gasteiger partial charge on any atom is 0.336 e. The summed E-state index contributed by atoms with van der Waals surface area (Å²) in [4.78, 5) is 13.7. The minimum Gasteiger partial charge on any atom is -0.478 e. The average Bonchev–Trinajstić information content (AvgIpc) is 2.89. The number of aromatic carboxylic acids is 1. The van der Waals surface area contributed by atoms with Crippen LogP contribution in [0.4, 0.5) is 0 Å². The number of benzene rings is 2. The van der Waals surface area contributed by atoms with Gasteiger partial charge >= 0.3 is 5.97 Å². The van der Waals surface area contributed by atoms with Gasteiger partial charge < -0.3 is 10.2 Å². The number of hydrogen-bond acceptors (Lipinski definition) is 3. The molecule has 0 radical (unpaired) electrons. The van der Waals surface area contributed by atoms with Crippen LogP contribution in [0.15, 0.2) is 48.5 Å². The molecule has 1 aliphatic carbocycles. The number of aliphatic hydroxyl groups excluding tert-OH is 1. The summed E-state index contributed by atoms with van der Waals surface area (Å²) >= 11 is 0. The molecule has 0 bridgehead atoms. The van der Waals surface area contributed by atoms with E-state index in [0.29, 0.717) is 12.1 Å². The fraction of sp³-hybridized carbons (Fsp3) is 0.381. The number of carboxylic acids is 1. The molecule has 1 atom stereocenters. The molecule has 130 valence electrons. The fourth-order valence-electron chi connectivity index (χ4n) is 4.59. The van der Waals surface area contributed by atoms with E-state index in [1.165, 1.54) is 11.1 Å². The van der Waals surface area contributed by atoms with Crippen molar-refractivity contribution in [3.05, 3.63) is 70.8 Å². The lowest BCUT2D eigenvalue weighted by molar-refractivity contribution is 0.0412. The lowest BCUT2D eigenvalue weighted by Gasteiger charge is -2.42. The van der Waals surface area contributed by atoms with Crippen molar-refractivity contribution in [2.75, 3.05) is 13.1 Å². The van der Waals surface area contributed by atoms with Gasteiger partial charge in [-0.15, -0.1) is 0 Å². The monoisotopic (exact) mass is 337 g/mol. The molecule has 0 unspecified atom stereocenters. The first-order valence-electron chi connectivity index (χ1n) is 8.90. The molecule has 2 aromatic rings. The lowest BCUT2D eigenvalue weighted by Crippen LogP contribution is -2.47. The highest BCUT2D eigenvalue weighted by Gasteiger charge is 2.47. The molecule has 1 heterocycles. The van der Waals surface area contributed by atoms with E-state index in [4.69, 9.17) is 0 Å². The zero-order valence-electron chi connectivity index (χ0n) is 14.2. The van der Waals surface area contributed by atoms with Crippen LogP contribution >= 0.6 is 0 Å². The van der Waals surface area contributed by atoms with Gasteiger partial charge in [-0.25, -0.2) is 4.79 Å². The third-order valence-corrected chi connectivity index (χ3v) is 5.99. The maximum atomic E-state index is 11.4. The molecule has 0 aromatic heterocycles. The zero-order valence-corrected chi connectivity index (χ0v) is 14.2. The van der Waals surface area contributed by atoms with Gasteiger partial charge in [0, 0.05) is 12.0 Å². The van der Waals surface area contributed by atoms with Crippen LogP contribution in [0.3, 0.4) is 0 Å². The normalized spacial score (nSPS) is 22.0. The molecular formula is C21H23NO3. The van der Waals surface area contributed by atoms with Gasteiger partial charge in [0.1, 0.15) is 0 Å². The Morgan fingerprint density at radius 3 is 2.52 bits per heavy atom. The Kier molecular flexibility index (Phi) is 4.10. The number of carboxylic acid groups (broad SMARTS) is 1. The number of carbonyl (C=O) groups is 1. The summed E-state index contributed by atoms with van der Waals surface area (Å²) in [5, 5.41) is 20.1. The molecule has 1 fully saturated rings. The Morgan fingerprint density at radius 2 is 1.76 bits per heavy atom. The number of piperidine rings is 1. The Labute approximate surface area is 147 Å². The van der Waals surface area contributed by atoms with Crippen LogP contribution in [-0.4, -0.2) is 40.3 Å². The standard InChI is InChI=1S/C21H23NO3/c23-19-13-15-5-2-4-8-18(15)21(19)9-11-22(12-10-21)14-16-6-1-3-7-17(16)20(24)25/h1-8,19,23H,9-14H2,(H,24,25)/t19-/m0/s1. The summed E-state index contributed by atoms with van der Waals surface area (Å²) in [6.45, 7) is 2.40. The highest BCUT2D eigenvalue weighted by molar-refractivity contribution is 5.89. The van der Waals surface area contributed by atoms with Crippen LogP contribution < -0.4 is 0 Å². The van der Waals surface area contributed by atoms with Crippen LogP contribution in [0.1, 0.15) is 39.9 Å². The highest BCUT2D eigenvalue weighted by Crippen LogP contribution is 2.46. The third-order valence-electron chi connectivity index (χ3n) is 5.99. The van der Waals surface area contributed by atoms with Crippen LogP contribution in [0.25, 0.3) is 0 Å². The van der Waals surface area contributed by atoms with Gasteiger partial charge in [0.25, 0.3) is 0 Å². The van der Waals surface area contributed by atoms with Gasteiger partial charge in [-0.05, 0) is 55.1 Å². The van der Waals surface area contributed by atoms with E-state index in [2.05, 4.69) is 23.1 Å². The van der Waals surface area contributed by atoms with E-state index < -0.39 is 5.97 Å². The number of fused-ring (bicyclic) bond motifs is 2. The first-order chi connectivity index (χ1) is 12.1. The molecular weight excluding hydrogens is 314 g/mol. The summed E-state index contributed by atoms with van der Waals surface area (Å²) in [5.41, 5.74) is 3.71. The fourth-order valence-corrected chi connectivity index (χ4v) is 4.59. The van der Waals surface area contributed by atoms with Crippen molar-refractivity contribution >= 4 is 5.97 Å². The first-order valence-corrected chi connectivity index (χ1v) is 8.90. The molecule has 0 saturated carbocycles. The summed E-state index contributed by atoms with van der Waals surface area (Å²) < 4.78 is 0. The molecule has 4 nitrogen and oxygen atoms in total. The van der Waals surface area contributed by atoms with Crippen molar-refractivity contribution in [2.45, 2.75) is 37.3 Å². The van der Waals surface area contributed by atoms with Gasteiger partial charge in [-0.2, -0.15) is 0 Å². The van der Waals surface area contributed by atoms with Crippen molar-refractivity contribution in [1.29, 1.82) is 0 Å². The SMILES string of the molecule is O=C(O)c1ccccc1CN1CCC2(CC1)c1ccccc1C[C@@H]2O. The van der Waals surface area contributed by atoms with Gasteiger partial charge in [-0.1, -0.05) is 42.5 Å². The van der Waals surface area contributed by atoms with Crippen LogP contribution in [0.2, 0.25) is 0 Å². The number of rotatable bonds is 3. The van der Waals surface area contributed by atoms with E-state index in [0.717, 1.165) is 37.9 Å². The summed E-state index contributed by atoms with van der Waals surface area (Å²) in [7, 11) is 0. The average molecular weight is 337 g/mol. The molecule has 4 heteroatoms. The van der Waals surface area contributed by atoms with Crippen LogP contribution in [0.5, 0.6) is 0 Å². The Hall–Kier alpha value is -2.17. The van der Waals surface area contributed by atoms with Crippen molar-refractivity contribution in [3.8, 4) is 0 Å². The predicted molar refractivity (Wildman–Crippen MR) is 95.7 cm³/mol. The van der Waals surface area contributed by atoms with E-state index in [9.17, 15) is 15.0 Å². The number of aliphatic hydroxyl groups is 1. The summed E-state index contributed by atoms with van der Waals surface area (Å²) in [6, 6.07) is 15.6. The Morgan fingerprint density at radius 1 is 1.08 bits per heavy atom. The van der Waals surface area contributed by atoms with Gasteiger partial charge in [0.2, 0.25) is 0 Å². The molecule has 2 N–H and O–H groups in total. The van der Waals surface area contributed by atoms with Crippen molar-refractivity contribution in [2.24, 2.45) is 0 Å². The quantitative estimate of drug-likeness (QED) is 0.904. The number of likely N-dealkylation sites (tertiary alicyclic amines) is 1. The molecule has 1 spiro atoms. The topological polar surface area (TPSA) is 60.8 Å². The Balaban J connectivity index is 1.50. The molecule has 1 aliphatic heterocycles. The molecule has 25 heavy (non-hydrogen) atoms. The summed E-state index contributed by atoms with van der Waals surface area (Å²) in [6.07, 6.45) is 2.28. The minimum absolute atomic E-state index is 0.126. The molecule has 0 amide bonds. The second kappa shape index (κ2) is 6.28. The van der Waals surface area contributed by atoms with Crippen LogP contribution in [-0.2, 0) is 18.4 Å². The molecule has 2 aromatic carbocycles. The van der Waals surface area contributed by atoms with E-state index in [1.54, 1.807) is 12.1 Å². The largest absolute Gasteiger partial charge is 0.478 e. The van der Waals surface area contributed by atoms with Gasteiger partial charge in [0.05, 0.1) is 11.7 Å². The second-order valence-electron chi connectivity index (χ2n) is 7.27. The van der Waals surface area contributed by atoms with Gasteiger partial charge in [-0.3, -0.25) is 4.90 Å². The minimum atomic E-state index is -0.871. The highest BCUT2D eigenvalue weighted by atomic mass is 16.4. The zero-order chi connectivity index (χ0) is 17.4. The van der Waals surface area contributed by atoms with Crippen molar-refractivity contribution in [3.63, 3.8) is 0 Å².